The molecule has 0 aliphatic carbocycles. The molecule has 61 heavy (non-hydrogen) atoms. The van der Waals surface area contributed by atoms with Gasteiger partial charge in [-0.2, -0.15) is 0 Å². The number of aliphatic hydroxyl groups excluding tert-OH is 1. The second-order valence-electron chi connectivity index (χ2n) is 18.7. The summed E-state index contributed by atoms with van der Waals surface area (Å²) in [4.78, 5) is 39.4. The zero-order valence-electron chi connectivity index (χ0n) is 41.1. The predicted octanol–water partition coefficient (Wildman–Crippen LogP) is 17.0. The molecule has 2 unspecified atom stereocenters. The number of ether oxygens (including phenoxy) is 2. The van der Waals surface area contributed by atoms with Crippen LogP contribution in [-0.4, -0.2) is 42.1 Å². The van der Waals surface area contributed by atoms with Crippen LogP contribution in [0.1, 0.15) is 297 Å². The van der Waals surface area contributed by atoms with Crippen molar-refractivity contribution in [1.82, 2.24) is 0 Å². The molecule has 0 saturated heterocycles. The van der Waals surface area contributed by atoms with Crippen LogP contribution in [0.3, 0.4) is 0 Å². The molecule has 0 spiro atoms. The van der Waals surface area contributed by atoms with Gasteiger partial charge < -0.3 is 14.6 Å². The van der Waals surface area contributed by atoms with Crippen LogP contribution in [0, 0.1) is 5.92 Å². The summed E-state index contributed by atoms with van der Waals surface area (Å²) in [5.74, 6) is -1.76. The van der Waals surface area contributed by atoms with Crippen molar-refractivity contribution < 1.29 is 29.0 Å². The summed E-state index contributed by atoms with van der Waals surface area (Å²) in [5.41, 5.74) is 0. The van der Waals surface area contributed by atoms with Crippen molar-refractivity contribution in [1.29, 1.82) is 0 Å². The highest BCUT2D eigenvalue weighted by Crippen LogP contribution is 2.21. The summed E-state index contributed by atoms with van der Waals surface area (Å²) in [6.07, 6.45) is 54.3. The minimum absolute atomic E-state index is 0.0486. The van der Waals surface area contributed by atoms with Crippen molar-refractivity contribution in [2.45, 2.75) is 303 Å². The summed E-state index contributed by atoms with van der Waals surface area (Å²) in [6, 6.07) is 0. The largest absolute Gasteiger partial charge is 0.462 e. The van der Waals surface area contributed by atoms with Gasteiger partial charge in [-0.25, -0.2) is 0 Å². The number of hydrogen-bond donors (Lipinski definition) is 1. The fraction of sp³-hybridized carbons (Fsp3) is 0.909. The molecule has 0 fully saturated rings. The van der Waals surface area contributed by atoms with E-state index in [1.165, 1.54) is 186 Å². The Kier molecular flexibility index (Phi) is 48.0. The molecule has 0 rings (SSSR count). The number of aliphatic hydroxyl groups is 1. The Morgan fingerprint density at radius 3 is 1.13 bits per heavy atom. The van der Waals surface area contributed by atoms with Gasteiger partial charge in [-0.1, -0.05) is 251 Å². The first-order chi connectivity index (χ1) is 30.0. The van der Waals surface area contributed by atoms with E-state index in [0.717, 1.165) is 70.6 Å². The Hall–Kier alpha value is -1.69. The van der Waals surface area contributed by atoms with Crippen LogP contribution >= 0.6 is 0 Å². The monoisotopic (exact) mass is 861 g/mol. The Morgan fingerprint density at radius 1 is 0.426 bits per heavy atom. The number of carbonyl (C=O) groups excluding carboxylic acids is 3. The molecule has 0 amide bonds. The molecule has 360 valence electrons. The summed E-state index contributed by atoms with van der Waals surface area (Å²) in [5, 5.41) is 10.0. The lowest BCUT2D eigenvalue weighted by atomic mass is 9.92. The minimum Gasteiger partial charge on any atom is -0.462 e. The SMILES string of the molecule is CCCCCCCC/C=C\CCCCCCCC(=O)C(CCCCCCCCCCCCCC)C(=O)OC(CO)COC(=O)CCCCCCCCCCCCCCCCC. The van der Waals surface area contributed by atoms with Gasteiger partial charge in [-0.15, -0.1) is 0 Å². The molecule has 0 aromatic rings. The summed E-state index contributed by atoms with van der Waals surface area (Å²) >= 11 is 0. The van der Waals surface area contributed by atoms with E-state index >= 15 is 0 Å². The number of unbranched alkanes of at least 4 members (excludes halogenated alkanes) is 36. The maximum atomic E-state index is 13.4. The molecule has 0 heterocycles. The van der Waals surface area contributed by atoms with Crippen molar-refractivity contribution in [2.75, 3.05) is 13.2 Å². The molecule has 0 aromatic heterocycles. The smallest absolute Gasteiger partial charge is 0.316 e. The standard InChI is InChI=1S/C55H104O6/c1-4-7-10-13-16-19-22-25-27-29-32-35-38-41-44-47-53(57)52(46-43-40-37-34-31-24-21-18-15-12-9-6-3)55(59)61-51(49-56)50-60-54(58)48-45-42-39-36-33-30-28-26-23-20-17-14-11-8-5-2/h25,27,51-52,56H,4-24,26,28-50H2,1-3H3/b27-25-. The van der Waals surface area contributed by atoms with Crippen molar-refractivity contribution >= 4 is 17.7 Å². The van der Waals surface area contributed by atoms with Crippen molar-refractivity contribution in [2.24, 2.45) is 5.92 Å². The average Bonchev–Trinajstić information content (AvgIpc) is 3.26. The van der Waals surface area contributed by atoms with E-state index in [9.17, 15) is 19.5 Å². The van der Waals surface area contributed by atoms with Crippen LogP contribution in [0.25, 0.3) is 0 Å². The fourth-order valence-corrected chi connectivity index (χ4v) is 8.41. The molecule has 0 aromatic carbocycles. The number of esters is 2. The van der Waals surface area contributed by atoms with Crippen molar-refractivity contribution in [3.63, 3.8) is 0 Å². The van der Waals surface area contributed by atoms with E-state index in [0.29, 0.717) is 19.3 Å². The zero-order valence-corrected chi connectivity index (χ0v) is 41.1. The quantitative estimate of drug-likeness (QED) is 0.0284. The van der Waals surface area contributed by atoms with Gasteiger partial charge >= 0.3 is 11.9 Å². The summed E-state index contributed by atoms with van der Waals surface area (Å²) in [6.45, 7) is 6.18. The van der Waals surface area contributed by atoms with E-state index in [1.807, 2.05) is 0 Å². The molecule has 6 heteroatoms. The third kappa shape index (κ3) is 43.3. The lowest BCUT2D eigenvalue weighted by Gasteiger charge is -2.20. The van der Waals surface area contributed by atoms with E-state index < -0.39 is 24.6 Å². The molecule has 0 aliphatic rings. The molecule has 0 radical (unpaired) electrons. The first-order valence-corrected chi connectivity index (χ1v) is 27.1. The van der Waals surface area contributed by atoms with Crippen LogP contribution < -0.4 is 0 Å². The highest BCUT2D eigenvalue weighted by molar-refractivity contribution is 5.99. The Morgan fingerprint density at radius 2 is 0.754 bits per heavy atom. The van der Waals surface area contributed by atoms with E-state index in [-0.39, 0.29) is 18.4 Å². The number of ketones is 1. The van der Waals surface area contributed by atoms with E-state index in [1.54, 1.807) is 0 Å². The lowest BCUT2D eigenvalue weighted by Crippen LogP contribution is -2.34. The fourth-order valence-electron chi connectivity index (χ4n) is 8.41. The molecule has 2 atom stereocenters. The van der Waals surface area contributed by atoms with E-state index in [4.69, 9.17) is 9.47 Å². The minimum atomic E-state index is -0.949. The highest BCUT2D eigenvalue weighted by atomic mass is 16.6. The molecule has 0 aliphatic heterocycles. The molecule has 1 N–H and O–H groups in total. The van der Waals surface area contributed by atoms with Crippen LogP contribution in [0.15, 0.2) is 12.2 Å². The molecule has 0 bridgehead atoms. The average molecular weight is 861 g/mol. The Bertz CT molecular complexity index is 962. The first kappa shape index (κ1) is 59.3. The number of rotatable bonds is 50. The van der Waals surface area contributed by atoms with Crippen molar-refractivity contribution in [3.8, 4) is 0 Å². The van der Waals surface area contributed by atoms with Crippen LogP contribution in [0.2, 0.25) is 0 Å². The number of allylic oxidation sites excluding steroid dienone is 2. The summed E-state index contributed by atoms with van der Waals surface area (Å²) < 4.78 is 11.1. The van der Waals surface area contributed by atoms with Gasteiger partial charge in [-0.05, 0) is 44.9 Å². The maximum absolute atomic E-state index is 13.4. The van der Waals surface area contributed by atoms with Gasteiger partial charge in [-0.3, -0.25) is 14.4 Å². The normalized spacial score (nSPS) is 12.6. The third-order valence-corrected chi connectivity index (χ3v) is 12.6. The van der Waals surface area contributed by atoms with Crippen LogP contribution in [-0.2, 0) is 23.9 Å². The van der Waals surface area contributed by atoms with Crippen LogP contribution in [0.5, 0.6) is 0 Å². The van der Waals surface area contributed by atoms with Gasteiger partial charge in [0.05, 0.1) is 6.61 Å². The number of Topliss-reactive ketones (excluding diaryl/α,β-unsaturated/α-hetero) is 1. The summed E-state index contributed by atoms with van der Waals surface area (Å²) in [7, 11) is 0. The second kappa shape index (κ2) is 49.3. The lowest BCUT2D eigenvalue weighted by molar-refractivity contribution is -0.166. The molecule has 6 nitrogen and oxygen atoms in total. The Balaban J connectivity index is 4.50. The molecule has 0 saturated carbocycles. The van der Waals surface area contributed by atoms with Gasteiger partial charge in [0.25, 0.3) is 0 Å². The Labute approximate surface area is 379 Å². The van der Waals surface area contributed by atoms with Gasteiger partial charge in [0, 0.05) is 12.8 Å². The van der Waals surface area contributed by atoms with Gasteiger partial charge in [0.2, 0.25) is 0 Å². The highest BCUT2D eigenvalue weighted by Gasteiger charge is 2.29. The predicted molar refractivity (Wildman–Crippen MR) is 261 cm³/mol. The second-order valence-corrected chi connectivity index (χ2v) is 18.7. The molecular formula is C55H104O6. The molecular weight excluding hydrogens is 757 g/mol. The van der Waals surface area contributed by atoms with Gasteiger partial charge in [0.1, 0.15) is 18.3 Å². The van der Waals surface area contributed by atoms with Gasteiger partial charge in [0.15, 0.2) is 6.10 Å². The van der Waals surface area contributed by atoms with E-state index in [2.05, 4.69) is 32.9 Å². The maximum Gasteiger partial charge on any atom is 0.316 e. The number of hydrogen-bond acceptors (Lipinski definition) is 6. The third-order valence-electron chi connectivity index (χ3n) is 12.6. The zero-order chi connectivity index (χ0) is 44.5. The topological polar surface area (TPSA) is 89.9 Å². The first-order valence-electron chi connectivity index (χ1n) is 27.1. The van der Waals surface area contributed by atoms with Crippen molar-refractivity contribution in [3.05, 3.63) is 12.2 Å². The number of carbonyl (C=O) groups is 3. The van der Waals surface area contributed by atoms with Crippen LogP contribution in [0.4, 0.5) is 0 Å².